The molecule has 4 rings (SSSR count). The van der Waals surface area contributed by atoms with Crippen LogP contribution in [0.3, 0.4) is 0 Å². The molecular formula is C27H24N2O5. The number of amides is 1. The predicted octanol–water partition coefficient (Wildman–Crippen LogP) is 4.23. The first-order chi connectivity index (χ1) is 16.4. The highest BCUT2D eigenvalue weighted by Crippen LogP contribution is 2.33. The van der Waals surface area contributed by atoms with Crippen molar-refractivity contribution in [3.8, 4) is 28.7 Å². The Balaban J connectivity index is 1.41. The summed E-state index contributed by atoms with van der Waals surface area (Å²) in [4.78, 5) is 26.6. The minimum absolute atomic E-state index is 0.0368. The first kappa shape index (κ1) is 22.9. The van der Waals surface area contributed by atoms with Crippen LogP contribution in [0.2, 0.25) is 0 Å². The average molecular weight is 456 g/mol. The van der Waals surface area contributed by atoms with Crippen LogP contribution in [-0.2, 0) is 4.79 Å². The van der Waals surface area contributed by atoms with Crippen LogP contribution in [0.25, 0.3) is 11.1 Å². The Kier molecular flexibility index (Phi) is 6.51. The zero-order chi connectivity index (χ0) is 24.1. The number of likely N-dealkylation sites (tertiary alicyclic amines) is 1. The molecule has 1 atom stereocenters. The summed E-state index contributed by atoms with van der Waals surface area (Å²) in [6.07, 6.45) is 0.313. The summed E-state index contributed by atoms with van der Waals surface area (Å²) >= 11 is 0. The minimum atomic E-state index is -1.17. The third-order valence-electron chi connectivity index (χ3n) is 6.15. The molecule has 7 nitrogen and oxygen atoms in total. The number of ether oxygens (including phenoxy) is 2. The molecule has 1 saturated heterocycles. The van der Waals surface area contributed by atoms with Gasteiger partial charge in [-0.15, -0.1) is 0 Å². The van der Waals surface area contributed by atoms with Crippen LogP contribution >= 0.6 is 0 Å². The van der Waals surface area contributed by atoms with Gasteiger partial charge in [0.2, 0.25) is 0 Å². The van der Waals surface area contributed by atoms with Crippen LogP contribution in [0.5, 0.6) is 11.5 Å². The Morgan fingerprint density at radius 2 is 1.56 bits per heavy atom. The van der Waals surface area contributed by atoms with E-state index in [1.54, 1.807) is 60.5 Å². The van der Waals surface area contributed by atoms with Gasteiger partial charge in [0, 0.05) is 18.7 Å². The highest BCUT2D eigenvalue weighted by Gasteiger charge is 2.47. The van der Waals surface area contributed by atoms with E-state index >= 15 is 0 Å². The van der Waals surface area contributed by atoms with Gasteiger partial charge in [-0.25, -0.2) is 0 Å². The fourth-order valence-electron chi connectivity index (χ4n) is 4.02. The predicted molar refractivity (Wildman–Crippen MR) is 126 cm³/mol. The second kappa shape index (κ2) is 9.67. The fraction of sp³-hybridized carbons (Fsp3) is 0.222. The minimum Gasteiger partial charge on any atom is -0.497 e. The first-order valence-corrected chi connectivity index (χ1v) is 10.8. The van der Waals surface area contributed by atoms with Crippen molar-refractivity contribution in [3.05, 3.63) is 83.9 Å². The lowest BCUT2D eigenvalue weighted by atomic mass is 9.88. The topological polar surface area (TPSA) is 99.9 Å². The normalized spacial score (nSPS) is 17.1. The number of aliphatic carboxylic acids is 1. The molecule has 172 valence electrons. The van der Waals surface area contributed by atoms with Gasteiger partial charge in [0.25, 0.3) is 5.91 Å². The molecule has 0 aliphatic carbocycles. The molecule has 1 fully saturated rings. The number of nitriles is 1. The number of methoxy groups -OCH3 is 1. The van der Waals surface area contributed by atoms with E-state index in [-0.39, 0.29) is 19.1 Å². The van der Waals surface area contributed by atoms with Crippen molar-refractivity contribution >= 4 is 11.9 Å². The zero-order valence-corrected chi connectivity index (χ0v) is 18.7. The monoisotopic (exact) mass is 456 g/mol. The Morgan fingerprint density at radius 3 is 2.12 bits per heavy atom. The van der Waals surface area contributed by atoms with E-state index in [1.807, 2.05) is 24.3 Å². The maximum Gasteiger partial charge on any atom is 0.315 e. The van der Waals surface area contributed by atoms with Gasteiger partial charge in [0.1, 0.15) is 23.5 Å². The van der Waals surface area contributed by atoms with Crippen molar-refractivity contribution in [2.75, 3.05) is 26.8 Å². The summed E-state index contributed by atoms with van der Waals surface area (Å²) in [5.41, 5.74) is 1.84. The molecule has 0 spiro atoms. The second-order valence-electron chi connectivity index (χ2n) is 8.29. The van der Waals surface area contributed by atoms with E-state index in [0.29, 0.717) is 35.6 Å². The van der Waals surface area contributed by atoms with E-state index in [9.17, 15) is 14.7 Å². The van der Waals surface area contributed by atoms with Crippen LogP contribution in [-0.4, -0.2) is 48.7 Å². The maximum atomic E-state index is 12.9. The van der Waals surface area contributed by atoms with Gasteiger partial charge in [-0.3, -0.25) is 9.59 Å². The number of carboxylic acid groups (broad SMARTS) is 1. The smallest absolute Gasteiger partial charge is 0.315 e. The van der Waals surface area contributed by atoms with Crippen molar-refractivity contribution in [1.29, 1.82) is 5.26 Å². The van der Waals surface area contributed by atoms with Gasteiger partial charge >= 0.3 is 5.97 Å². The number of rotatable bonds is 7. The van der Waals surface area contributed by atoms with Gasteiger partial charge in [-0.1, -0.05) is 24.3 Å². The molecule has 0 aromatic heterocycles. The highest BCUT2D eigenvalue weighted by atomic mass is 16.5. The lowest BCUT2D eigenvalue weighted by molar-refractivity contribution is -0.149. The van der Waals surface area contributed by atoms with Crippen molar-refractivity contribution in [3.63, 3.8) is 0 Å². The van der Waals surface area contributed by atoms with E-state index in [0.717, 1.165) is 11.1 Å². The highest BCUT2D eigenvalue weighted by molar-refractivity contribution is 5.95. The third kappa shape index (κ3) is 4.71. The summed E-state index contributed by atoms with van der Waals surface area (Å²) in [6, 6.07) is 23.5. The van der Waals surface area contributed by atoms with Gasteiger partial charge in [-0.2, -0.15) is 5.26 Å². The molecule has 34 heavy (non-hydrogen) atoms. The Bertz CT molecular complexity index is 1210. The Morgan fingerprint density at radius 1 is 0.971 bits per heavy atom. The van der Waals surface area contributed by atoms with Crippen LogP contribution in [0.1, 0.15) is 22.3 Å². The lowest BCUT2D eigenvalue weighted by Gasteiger charge is -2.25. The summed E-state index contributed by atoms with van der Waals surface area (Å²) in [5.74, 6) is 0.0127. The number of nitrogens with zero attached hydrogens (tertiary/aromatic N) is 2. The summed E-state index contributed by atoms with van der Waals surface area (Å²) in [5, 5.41) is 18.9. The fourth-order valence-corrected chi connectivity index (χ4v) is 4.02. The standard InChI is InChI=1S/C27H24N2O5/c1-33-23-10-8-22(9-11-23)25(30)29-15-14-27(17-29,26(31)32)18-34-24-12-6-21(7-13-24)20-4-2-19(16-28)3-5-20/h2-13H,14-15,17-18H2,1H3,(H,31,32). The molecule has 7 heteroatoms. The number of carbonyl (C=O) groups is 2. The molecule has 1 N–H and O–H groups in total. The molecule has 0 saturated carbocycles. The van der Waals surface area contributed by atoms with E-state index in [1.165, 1.54) is 0 Å². The van der Waals surface area contributed by atoms with Crippen molar-refractivity contribution in [2.45, 2.75) is 6.42 Å². The number of carboxylic acids is 1. The first-order valence-electron chi connectivity index (χ1n) is 10.8. The molecule has 1 unspecified atom stereocenters. The number of carbonyl (C=O) groups excluding carboxylic acids is 1. The average Bonchev–Trinajstić information content (AvgIpc) is 3.33. The van der Waals surface area contributed by atoms with Gasteiger partial charge in [0.05, 0.1) is 18.7 Å². The maximum absolute atomic E-state index is 12.9. The van der Waals surface area contributed by atoms with Gasteiger partial charge in [-0.05, 0) is 66.1 Å². The van der Waals surface area contributed by atoms with Crippen molar-refractivity contribution in [2.24, 2.45) is 5.41 Å². The molecule has 1 amide bonds. The van der Waals surface area contributed by atoms with Gasteiger partial charge in [0.15, 0.2) is 0 Å². The number of benzene rings is 3. The lowest BCUT2D eigenvalue weighted by Crippen LogP contribution is -2.41. The molecule has 1 aliphatic heterocycles. The third-order valence-corrected chi connectivity index (χ3v) is 6.15. The molecule has 3 aromatic rings. The Hall–Kier alpha value is -4.31. The van der Waals surface area contributed by atoms with E-state index in [4.69, 9.17) is 14.7 Å². The largest absolute Gasteiger partial charge is 0.497 e. The van der Waals surface area contributed by atoms with Crippen LogP contribution in [0.4, 0.5) is 0 Å². The summed E-state index contributed by atoms with van der Waals surface area (Å²) in [7, 11) is 1.55. The molecule has 1 heterocycles. The molecule has 0 bridgehead atoms. The molecule has 0 radical (unpaired) electrons. The summed E-state index contributed by atoms with van der Waals surface area (Å²) in [6.45, 7) is 0.389. The summed E-state index contributed by atoms with van der Waals surface area (Å²) < 4.78 is 11.0. The zero-order valence-electron chi connectivity index (χ0n) is 18.7. The number of hydrogen-bond acceptors (Lipinski definition) is 5. The molecular weight excluding hydrogens is 432 g/mol. The van der Waals surface area contributed by atoms with E-state index in [2.05, 4.69) is 6.07 Å². The van der Waals surface area contributed by atoms with Crippen LogP contribution in [0, 0.1) is 16.7 Å². The van der Waals surface area contributed by atoms with E-state index < -0.39 is 11.4 Å². The van der Waals surface area contributed by atoms with Gasteiger partial charge < -0.3 is 19.5 Å². The van der Waals surface area contributed by atoms with Crippen molar-refractivity contribution in [1.82, 2.24) is 4.90 Å². The quantitative estimate of drug-likeness (QED) is 0.571. The number of hydrogen-bond donors (Lipinski definition) is 1. The van der Waals surface area contributed by atoms with Crippen molar-refractivity contribution < 1.29 is 24.2 Å². The Labute approximate surface area is 197 Å². The SMILES string of the molecule is COc1ccc(C(=O)N2CCC(COc3ccc(-c4ccc(C#N)cc4)cc3)(C(=O)O)C2)cc1. The molecule has 3 aromatic carbocycles. The molecule has 1 aliphatic rings. The van der Waals surface area contributed by atoms with Crippen LogP contribution in [0.15, 0.2) is 72.8 Å². The van der Waals surface area contributed by atoms with Crippen LogP contribution < -0.4 is 9.47 Å². The second-order valence-corrected chi connectivity index (χ2v) is 8.29.